The van der Waals surface area contributed by atoms with Crippen LogP contribution in [0.1, 0.15) is 12.0 Å². The summed E-state index contributed by atoms with van der Waals surface area (Å²) in [5, 5.41) is 3.13. The molecule has 0 heterocycles. The van der Waals surface area contributed by atoms with Gasteiger partial charge in [0, 0.05) is 27.2 Å². The number of carbonyl (C=O) groups excluding carboxylic acids is 1. The first-order chi connectivity index (χ1) is 10.1. The quantitative estimate of drug-likeness (QED) is 0.329. The molecule has 0 unspecified atom stereocenters. The zero-order valence-corrected chi connectivity index (χ0v) is 15.8. The maximum absolute atomic E-state index is 11.1. The molecule has 6 nitrogen and oxygen atoms in total. The summed E-state index contributed by atoms with van der Waals surface area (Å²) in [6.45, 7) is 1.20. The Morgan fingerprint density at radius 1 is 1.27 bits per heavy atom. The van der Waals surface area contributed by atoms with Gasteiger partial charge in [-0.3, -0.25) is 9.79 Å². The van der Waals surface area contributed by atoms with Gasteiger partial charge in [0.05, 0.1) is 20.6 Å². The lowest BCUT2D eigenvalue weighted by atomic mass is 10.2. The zero-order chi connectivity index (χ0) is 15.7. The van der Waals surface area contributed by atoms with E-state index in [1.165, 1.54) is 7.11 Å². The Labute approximate surface area is 148 Å². The molecule has 0 aliphatic rings. The molecule has 0 fully saturated rings. The highest BCUT2D eigenvalue weighted by Crippen LogP contribution is 2.12. The molecule has 0 bridgehead atoms. The van der Waals surface area contributed by atoms with Crippen molar-refractivity contribution in [3.05, 3.63) is 29.8 Å². The van der Waals surface area contributed by atoms with Crippen LogP contribution in [0.5, 0.6) is 5.75 Å². The second-order valence-corrected chi connectivity index (χ2v) is 4.50. The number of guanidine groups is 1. The standard InChI is InChI=1S/C15H23N3O3.HI/c1-16-15(17-10-9-14(19)21-4)18(2)11-12-5-7-13(20-3)8-6-12;/h5-8H,9-11H2,1-4H3,(H,16,17);1H. The van der Waals surface area contributed by atoms with E-state index in [0.29, 0.717) is 19.5 Å². The van der Waals surface area contributed by atoms with Crippen molar-refractivity contribution in [2.24, 2.45) is 4.99 Å². The topological polar surface area (TPSA) is 63.2 Å². The van der Waals surface area contributed by atoms with Gasteiger partial charge in [0.15, 0.2) is 5.96 Å². The van der Waals surface area contributed by atoms with E-state index in [1.54, 1.807) is 14.2 Å². The minimum absolute atomic E-state index is 0. The fourth-order valence-electron chi connectivity index (χ4n) is 1.84. The molecule has 0 aliphatic heterocycles. The summed E-state index contributed by atoms with van der Waals surface area (Å²) in [7, 11) is 6.68. The minimum Gasteiger partial charge on any atom is -0.497 e. The lowest BCUT2D eigenvalue weighted by Gasteiger charge is -2.22. The Morgan fingerprint density at radius 2 is 1.91 bits per heavy atom. The zero-order valence-electron chi connectivity index (χ0n) is 13.5. The summed E-state index contributed by atoms with van der Waals surface area (Å²) in [5.74, 6) is 1.33. The number of nitrogens with one attached hydrogen (secondary N) is 1. The molecule has 0 saturated carbocycles. The van der Waals surface area contributed by atoms with E-state index < -0.39 is 0 Å². The molecule has 0 radical (unpaired) electrons. The molecule has 0 aromatic heterocycles. The second-order valence-electron chi connectivity index (χ2n) is 4.50. The smallest absolute Gasteiger partial charge is 0.307 e. The predicted molar refractivity (Wildman–Crippen MR) is 97.9 cm³/mol. The maximum Gasteiger partial charge on any atom is 0.307 e. The third-order valence-electron chi connectivity index (χ3n) is 2.99. The molecule has 1 aromatic rings. The second kappa shape index (κ2) is 11.1. The normalized spacial score (nSPS) is 10.5. The number of benzene rings is 1. The largest absolute Gasteiger partial charge is 0.497 e. The van der Waals surface area contributed by atoms with Gasteiger partial charge in [-0.25, -0.2) is 0 Å². The Kier molecular flexibility index (Phi) is 10.3. The number of ether oxygens (including phenoxy) is 2. The van der Waals surface area contributed by atoms with Gasteiger partial charge in [-0.1, -0.05) is 12.1 Å². The monoisotopic (exact) mass is 421 g/mol. The summed E-state index contributed by atoms with van der Waals surface area (Å²) in [6.07, 6.45) is 0.311. The summed E-state index contributed by atoms with van der Waals surface area (Å²) >= 11 is 0. The lowest BCUT2D eigenvalue weighted by Crippen LogP contribution is -2.39. The number of hydrogen-bond acceptors (Lipinski definition) is 4. The highest BCUT2D eigenvalue weighted by atomic mass is 127. The van der Waals surface area contributed by atoms with E-state index in [4.69, 9.17) is 4.74 Å². The first kappa shape index (κ1) is 20.5. The van der Waals surface area contributed by atoms with Crippen LogP contribution in [0, 0.1) is 0 Å². The minimum atomic E-state index is -0.240. The van der Waals surface area contributed by atoms with Crippen molar-refractivity contribution in [1.82, 2.24) is 10.2 Å². The fourth-order valence-corrected chi connectivity index (χ4v) is 1.84. The summed E-state index contributed by atoms with van der Waals surface area (Å²) in [4.78, 5) is 17.3. The number of methoxy groups -OCH3 is 2. The third-order valence-corrected chi connectivity index (χ3v) is 2.99. The number of halogens is 1. The molecular weight excluding hydrogens is 397 g/mol. The van der Waals surface area contributed by atoms with Crippen molar-refractivity contribution in [1.29, 1.82) is 0 Å². The highest BCUT2D eigenvalue weighted by Gasteiger charge is 2.07. The number of aliphatic imine (C=N–C) groups is 1. The van der Waals surface area contributed by atoms with Crippen LogP contribution in [-0.4, -0.2) is 51.7 Å². The molecule has 1 rings (SSSR count). The van der Waals surface area contributed by atoms with Gasteiger partial charge >= 0.3 is 5.97 Å². The van der Waals surface area contributed by atoms with Crippen molar-refractivity contribution < 1.29 is 14.3 Å². The van der Waals surface area contributed by atoms with Crippen molar-refractivity contribution >= 4 is 35.9 Å². The number of carbonyl (C=O) groups is 1. The van der Waals surface area contributed by atoms with Crippen molar-refractivity contribution in [2.45, 2.75) is 13.0 Å². The molecule has 0 spiro atoms. The van der Waals surface area contributed by atoms with E-state index in [2.05, 4.69) is 15.0 Å². The number of rotatable bonds is 6. The van der Waals surface area contributed by atoms with Crippen LogP contribution >= 0.6 is 24.0 Å². The molecular formula is C15H24IN3O3. The molecule has 0 saturated heterocycles. The van der Waals surface area contributed by atoms with Crippen LogP contribution in [0.2, 0.25) is 0 Å². The number of hydrogen-bond donors (Lipinski definition) is 1. The molecule has 1 aromatic carbocycles. The molecule has 0 aliphatic carbocycles. The van der Waals surface area contributed by atoms with E-state index >= 15 is 0 Å². The van der Waals surface area contributed by atoms with Gasteiger partial charge in [0.1, 0.15) is 5.75 Å². The van der Waals surface area contributed by atoms with Gasteiger partial charge in [-0.2, -0.15) is 0 Å². The van der Waals surface area contributed by atoms with Crippen LogP contribution in [0.15, 0.2) is 29.3 Å². The van der Waals surface area contributed by atoms with Gasteiger partial charge in [0.25, 0.3) is 0 Å². The van der Waals surface area contributed by atoms with Crippen molar-refractivity contribution in [2.75, 3.05) is 34.9 Å². The Bertz CT molecular complexity index is 477. The van der Waals surface area contributed by atoms with Crippen LogP contribution in [0.3, 0.4) is 0 Å². The Hall–Kier alpha value is -1.51. The first-order valence-corrected chi connectivity index (χ1v) is 6.72. The van der Waals surface area contributed by atoms with E-state index in [0.717, 1.165) is 17.3 Å². The molecule has 0 atom stereocenters. The third kappa shape index (κ3) is 6.97. The van der Waals surface area contributed by atoms with Gasteiger partial charge in [0.2, 0.25) is 0 Å². The molecule has 7 heteroatoms. The van der Waals surface area contributed by atoms with Crippen LogP contribution < -0.4 is 10.1 Å². The molecule has 22 heavy (non-hydrogen) atoms. The SMILES string of the molecule is CN=C(NCCC(=O)OC)N(C)Cc1ccc(OC)cc1.I. The predicted octanol–water partition coefficient (Wildman–Crippen LogP) is 1.88. The van der Waals surface area contributed by atoms with Gasteiger partial charge < -0.3 is 19.7 Å². The number of esters is 1. The molecule has 1 N–H and O–H groups in total. The fraction of sp³-hybridized carbons (Fsp3) is 0.467. The summed E-state index contributed by atoms with van der Waals surface area (Å²) < 4.78 is 9.73. The average molecular weight is 421 g/mol. The van der Waals surface area contributed by atoms with Crippen molar-refractivity contribution in [3.63, 3.8) is 0 Å². The van der Waals surface area contributed by atoms with E-state index in [-0.39, 0.29) is 29.9 Å². The van der Waals surface area contributed by atoms with Gasteiger partial charge in [-0.15, -0.1) is 24.0 Å². The van der Waals surface area contributed by atoms with Gasteiger partial charge in [-0.05, 0) is 17.7 Å². The summed E-state index contributed by atoms with van der Waals surface area (Å²) in [5.41, 5.74) is 1.15. The van der Waals surface area contributed by atoms with Crippen LogP contribution in [0.4, 0.5) is 0 Å². The lowest BCUT2D eigenvalue weighted by molar-refractivity contribution is -0.140. The summed E-state index contributed by atoms with van der Waals surface area (Å²) in [6, 6.07) is 7.88. The average Bonchev–Trinajstić information content (AvgIpc) is 2.51. The van der Waals surface area contributed by atoms with Crippen molar-refractivity contribution in [3.8, 4) is 5.75 Å². The van der Waals surface area contributed by atoms with E-state index in [1.807, 2.05) is 36.2 Å². The Balaban J connectivity index is 0.00000441. The number of nitrogens with zero attached hydrogens (tertiary/aromatic N) is 2. The first-order valence-electron chi connectivity index (χ1n) is 6.72. The molecule has 124 valence electrons. The van der Waals surface area contributed by atoms with Crippen LogP contribution in [-0.2, 0) is 16.1 Å². The van der Waals surface area contributed by atoms with Crippen LogP contribution in [0.25, 0.3) is 0 Å². The Morgan fingerprint density at radius 3 is 2.41 bits per heavy atom. The van der Waals surface area contributed by atoms with E-state index in [9.17, 15) is 4.79 Å². The highest BCUT2D eigenvalue weighted by molar-refractivity contribution is 14.0. The molecule has 0 amide bonds. The maximum atomic E-state index is 11.1.